The molecule has 0 bridgehead atoms. The van der Waals surface area contributed by atoms with Gasteiger partial charge in [-0.15, -0.1) is 0 Å². The molecule has 0 aliphatic rings. The Labute approximate surface area is 100 Å². The number of hydrogen-bond acceptors (Lipinski definition) is 4. The summed E-state index contributed by atoms with van der Waals surface area (Å²) in [5.74, 6) is 0.639. The van der Waals surface area contributed by atoms with Crippen LogP contribution in [0.4, 0.5) is 0 Å². The lowest BCUT2D eigenvalue weighted by Gasteiger charge is -2.10. The van der Waals surface area contributed by atoms with Crippen molar-refractivity contribution in [3.05, 3.63) is 24.3 Å². The molecule has 1 aromatic rings. The van der Waals surface area contributed by atoms with Crippen molar-refractivity contribution < 1.29 is 19.4 Å². The minimum Gasteiger partial charge on any atom is -0.497 e. The summed E-state index contributed by atoms with van der Waals surface area (Å²) in [6.45, 7) is 2.50. The second kappa shape index (κ2) is 6.75. The van der Waals surface area contributed by atoms with Gasteiger partial charge in [0.15, 0.2) is 0 Å². The summed E-state index contributed by atoms with van der Waals surface area (Å²) in [7, 11) is 1.60. The molecule has 0 spiro atoms. The summed E-state index contributed by atoms with van der Waals surface area (Å²) >= 11 is 0. The molecule has 5 nitrogen and oxygen atoms in total. The Morgan fingerprint density at radius 2 is 1.94 bits per heavy atom. The van der Waals surface area contributed by atoms with Gasteiger partial charge in [-0.1, -0.05) is 0 Å². The first-order valence-corrected chi connectivity index (χ1v) is 5.36. The van der Waals surface area contributed by atoms with Crippen molar-refractivity contribution in [2.45, 2.75) is 13.0 Å². The van der Waals surface area contributed by atoms with Crippen molar-refractivity contribution in [3.8, 4) is 11.5 Å². The van der Waals surface area contributed by atoms with E-state index in [1.165, 1.54) is 0 Å². The van der Waals surface area contributed by atoms with Crippen LogP contribution in [0.3, 0.4) is 0 Å². The number of benzene rings is 1. The standard InChI is InChI=1S/C12H17NO4/c1-9(12(14)15)13-7-8-17-11-5-3-10(16-2)4-6-11/h3-6,9,13H,7-8H2,1-2H3,(H,14,15)/t9-/m1/s1. The minimum atomic E-state index is -0.866. The molecule has 0 heterocycles. The highest BCUT2D eigenvalue weighted by atomic mass is 16.5. The van der Waals surface area contributed by atoms with E-state index in [1.807, 2.05) is 12.1 Å². The Balaban J connectivity index is 2.24. The number of nitrogens with one attached hydrogen (secondary N) is 1. The van der Waals surface area contributed by atoms with Gasteiger partial charge in [-0.3, -0.25) is 4.79 Å². The fourth-order valence-corrected chi connectivity index (χ4v) is 1.20. The Bertz CT molecular complexity index is 350. The highest BCUT2D eigenvalue weighted by molar-refractivity contribution is 5.72. The summed E-state index contributed by atoms with van der Waals surface area (Å²) in [5, 5.41) is 11.5. The zero-order valence-corrected chi connectivity index (χ0v) is 9.97. The van der Waals surface area contributed by atoms with E-state index in [0.717, 1.165) is 11.5 Å². The van der Waals surface area contributed by atoms with Crippen LogP contribution in [0.5, 0.6) is 11.5 Å². The molecule has 1 aromatic carbocycles. The van der Waals surface area contributed by atoms with E-state index in [-0.39, 0.29) is 0 Å². The van der Waals surface area contributed by atoms with Gasteiger partial charge in [0.2, 0.25) is 0 Å². The molecule has 0 saturated heterocycles. The van der Waals surface area contributed by atoms with E-state index in [4.69, 9.17) is 14.6 Å². The Kier molecular flexibility index (Phi) is 5.29. The lowest BCUT2D eigenvalue weighted by molar-refractivity contribution is -0.139. The number of carboxylic acids is 1. The molecular formula is C12H17NO4. The SMILES string of the molecule is COc1ccc(OCCN[C@H](C)C(=O)O)cc1. The van der Waals surface area contributed by atoms with E-state index in [2.05, 4.69) is 5.32 Å². The third-order valence-corrected chi connectivity index (χ3v) is 2.25. The topological polar surface area (TPSA) is 67.8 Å². The van der Waals surface area contributed by atoms with Crippen molar-refractivity contribution in [1.29, 1.82) is 0 Å². The first kappa shape index (κ1) is 13.3. The van der Waals surface area contributed by atoms with E-state index in [1.54, 1.807) is 26.2 Å². The molecule has 94 valence electrons. The van der Waals surface area contributed by atoms with Crippen LogP contribution in [0.1, 0.15) is 6.92 Å². The summed E-state index contributed by atoms with van der Waals surface area (Å²) in [6, 6.07) is 6.67. The van der Waals surface area contributed by atoms with Gasteiger partial charge in [0.05, 0.1) is 7.11 Å². The molecule has 0 aliphatic carbocycles. The van der Waals surface area contributed by atoms with Crippen LogP contribution in [0.15, 0.2) is 24.3 Å². The van der Waals surface area contributed by atoms with Gasteiger partial charge in [0, 0.05) is 6.54 Å². The van der Waals surface area contributed by atoms with Gasteiger partial charge in [-0.2, -0.15) is 0 Å². The van der Waals surface area contributed by atoms with Gasteiger partial charge in [0.25, 0.3) is 0 Å². The second-order valence-electron chi connectivity index (χ2n) is 3.54. The monoisotopic (exact) mass is 239 g/mol. The Morgan fingerprint density at radius 3 is 2.47 bits per heavy atom. The number of rotatable bonds is 7. The molecule has 1 rings (SSSR count). The van der Waals surface area contributed by atoms with Crippen molar-refractivity contribution >= 4 is 5.97 Å². The maximum absolute atomic E-state index is 10.5. The summed E-state index contributed by atoms with van der Waals surface area (Å²) < 4.78 is 10.4. The van der Waals surface area contributed by atoms with Gasteiger partial charge >= 0.3 is 5.97 Å². The predicted octanol–water partition coefficient (Wildman–Crippen LogP) is 1.14. The normalized spacial score (nSPS) is 11.9. The molecule has 5 heteroatoms. The maximum Gasteiger partial charge on any atom is 0.320 e. The molecule has 0 aliphatic heterocycles. The largest absolute Gasteiger partial charge is 0.497 e. The van der Waals surface area contributed by atoms with Crippen LogP contribution in [0, 0.1) is 0 Å². The minimum absolute atomic E-state index is 0.421. The second-order valence-corrected chi connectivity index (χ2v) is 3.54. The van der Waals surface area contributed by atoms with Crippen LogP contribution in [-0.2, 0) is 4.79 Å². The number of methoxy groups -OCH3 is 1. The first-order valence-electron chi connectivity index (χ1n) is 5.36. The van der Waals surface area contributed by atoms with Crippen molar-refractivity contribution in [2.75, 3.05) is 20.3 Å². The zero-order chi connectivity index (χ0) is 12.7. The smallest absolute Gasteiger partial charge is 0.320 e. The van der Waals surface area contributed by atoms with Crippen LogP contribution in [0.25, 0.3) is 0 Å². The molecular weight excluding hydrogens is 222 g/mol. The number of ether oxygens (including phenoxy) is 2. The van der Waals surface area contributed by atoms with Crippen LogP contribution < -0.4 is 14.8 Å². The fraction of sp³-hybridized carbons (Fsp3) is 0.417. The van der Waals surface area contributed by atoms with Gasteiger partial charge in [0.1, 0.15) is 24.1 Å². The lowest BCUT2D eigenvalue weighted by atomic mass is 10.3. The van der Waals surface area contributed by atoms with Crippen LogP contribution in [0.2, 0.25) is 0 Å². The molecule has 1 atom stereocenters. The Hall–Kier alpha value is -1.75. The van der Waals surface area contributed by atoms with E-state index in [9.17, 15) is 4.79 Å². The summed E-state index contributed by atoms with van der Waals surface area (Å²) in [6.07, 6.45) is 0. The molecule has 0 saturated carbocycles. The van der Waals surface area contributed by atoms with E-state index >= 15 is 0 Å². The summed E-state index contributed by atoms with van der Waals surface area (Å²) in [4.78, 5) is 10.5. The quantitative estimate of drug-likeness (QED) is 0.698. The zero-order valence-electron chi connectivity index (χ0n) is 9.97. The van der Waals surface area contributed by atoms with Crippen molar-refractivity contribution in [2.24, 2.45) is 0 Å². The highest BCUT2D eigenvalue weighted by Crippen LogP contribution is 2.16. The highest BCUT2D eigenvalue weighted by Gasteiger charge is 2.08. The maximum atomic E-state index is 10.5. The molecule has 17 heavy (non-hydrogen) atoms. The number of hydrogen-bond donors (Lipinski definition) is 2. The van der Waals surface area contributed by atoms with Crippen LogP contribution >= 0.6 is 0 Å². The number of carboxylic acid groups (broad SMARTS) is 1. The summed E-state index contributed by atoms with van der Waals surface area (Å²) in [5.41, 5.74) is 0. The lowest BCUT2D eigenvalue weighted by Crippen LogP contribution is -2.36. The van der Waals surface area contributed by atoms with Gasteiger partial charge < -0.3 is 19.9 Å². The van der Waals surface area contributed by atoms with E-state index in [0.29, 0.717) is 13.2 Å². The van der Waals surface area contributed by atoms with Crippen LogP contribution in [-0.4, -0.2) is 37.4 Å². The van der Waals surface area contributed by atoms with Crippen molar-refractivity contribution in [3.63, 3.8) is 0 Å². The number of aliphatic carboxylic acids is 1. The fourth-order valence-electron chi connectivity index (χ4n) is 1.20. The predicted molar refractivity (Wildman–Crippen MR) is 63.6 cm³/mol. The van der Waals surface area contributed by atoms with Gasteiger partial charge in [-0.25, -0.2) is 0 Å². The van der Waals surface area contributed by atoms with E-state index < -0.39 is 12.0 Å². The third kappa shape index (κ3) is 4.74. The van der Waals surface area contributed by atoms with Gasteiger partial charge in [-0.05, 0) is 31.2 Å². The Morgan fingerprint density at radius 1 is 1.35 bits per heavy atom. The molecule has 0 fully saturated rings. The average Bonchev–Trinajstić information content (AvgIpc) is 2.35. The third-order valence-electron chi connectivity index (χ3n) is 2.25. The molecule has 2 N–H and O–H groups in total. The molecule has 0 radical (unpaired) electrons. The molecule has 0 aromatic heterocycles. The molecule has 0 unspecified atom stereocenters. The number of carbonyl (C=O) groups is 1. The molecule has 0 amide bonds. The van der Waals surface area contributed by atoms with Crippen molar-refractivity contribution in [1.82, 2.24) is 5.32 Å². The average molecular weight is 239 g/mol. The first-order chi connectivity index (χ1) is 8.13.